The van der Waals surface area contributed by atoms with Crippen LogP contribution in [0.3, 0.4) is 0 Å². The van der Waals surface area contributed by atoms with Gasteiger partial charge in [0.1, 0.15) is 17.2 Å². The van der Waals surface area contributed by atoms with Crippen molar-refractivity contribution in [1.29, 1.82) is 0 Å². The van der Waals surface area contributed by atoms with Crippen LogP contribution in [0.1, 0.15) is 56.1 Å². The number of para-hydroxylation sites is 2. The molecule has 2 aliphatic heterocycles. The van der Waals surface area contributed by atoms with E-state index in [1.54, 1.807) is 19.8 Å². The third-order valence-electron chi connectivity index (χ3n) is 8.91. The van der Waals surface area contributed by atoms with Gasteiger partial charge in [-0.1, -0.05) is 36.4 Å². The molecule has 0 amide bonds. The van der Waals surface area contributed by atoms with Gasteiger partial charge in [0.15, 0.2) is 0 Å². The van der Waals surface area contributed by atoms with E-state index in [0.717, 1.165) is 42.9 Å². The lowest BCUT2D eigenvalue weighted by molar-refractivity contribution is 0.0353. The Morgan fingerprint density at radius 2 is 1.49 bits per heavy atom. The van der Waals surface area contributed by atoms with Crippen LogP contribution in [-0.4, -0.2) is 19.9 Å². The van der Waals surface area contributed by atoms with Crippen molar-refractivity contribution in [3.63, 3.8) is 0 Å². The van der Waals surface area contributed by atoms with Crippen LogP contribution < -0.4 is 19.1 Å². The second kappa shape index (κ2) is 9.68. The fourth-order valence-electron chi connectivity index (χ4n) is 7.17. The van der Waals surface area contributed by atoms with Crippen molar-refractivity contribution >= 4 is 17.8 Å². The van der Waals surface area contributed by atoms with Crippen molar-refractivity contribution in [2.24, 2.45) is 5.92 Å². The van der Waals surface area contributed by atoms with Crippen molar-refractivity contribution in [2.75, 3.05) is 19.1 Å². The van der Waals surface area contributed by atoms with E-state index < -0.39 is 5.72 Å². The molecule has 4 nitrogen and oxygen atoms in total. The van der Waals surface area contributed by atoms with Gasteiger partial charge in [-0.2, -0.15) is 0 Å². The summed E-state index contributed by atoms with van der Waals surface area (Å²) in [6.07, 6.45) is 12.7. The first kappa shape index (κ1) is 24.1. The SMILES string of the molecule is COc1ccc(/C=C2\CCCC3=C2N2c4ccccc4O[C@@]24/C(=C/c2ccc(OC)cc2)CCC[C@H]4C3)cc1. The summed E-state index contributed by atoms with van der Waals surface area (Å²) in [4.78, 5) is 2.61. The van der Waals surface area contributed by atoms with Gasteiger partial charge in [-0.25, -0.2) is 0 Å². The average molecular weight is 518 g/mol. The monoisotopic (exact) mass is 517 g/mol. The molecule has 0 radical (unpaired) electrons. The van der Waals surface area contributed by atoms with Crippen LogP contribution in [0, 0.1) is 5.92 Å². The van der Waals surface area contributed by atoms with Gasteiger partial charge in [0.2, 0.25) is 5.72 Å². The van der Waals surface area contributed by atoms with E-state index in [9.17, 15) is 0 Å². The second-order valence-corrected chi connectivity index (χ2v) is 11.1. The maximum absolute atomic E-state index is 7.17. The Hall–Kier alpha value is -3.92. The Labute approximate surface area is 231 Å². The van der Waals surface area contributed by atoms with Gasteiger partial charge in [0.05, 0.1) is 19.9 Å². The zero-order valence-corrected chi connectivity index (χ0v) is 22.8. The third-order valence-corrected chi connectivity index (χ3v) is 8.91. The number of rotatable bonds is 4. The molecule has 1 spiro atoms. The van der Waals surface area contributed by atoms with E-state index in [0.29, 0.717) is 5.92 Å². The Kier molecular flexibility index (Phi) is 5.99. The number of ether oxygens (including phenoxy) is 3. The minimum atomic E-state index is -0.489. The van der Waals surface area contributed by atoms with Crippen LogP contribution in [0.25, 0.3) is 12.2 Å². The molecule has 3 aromatic rings. The van der Waals surface area contributed by atoms with Gasteiger partial charge in [0.25, 0.3) is 0 Å². The van der Waals surface area contributed by atoms with E-state index in [-0.39, 0.29) is 0 Å². The van der Waals surface area contributed by atoms with Gasteiger partial charge < -0.3 is 14.2 Å². The van der Waals surface area contributed by atoms with Gasteiger partial charge in [-0.15, -0.1) is 0 Å². The average Bonchev–Trinajstić information content (AvgIpc) is 3.33. The zero-order chi connectivity index (χ0) is 26.4. The van der Waals surface area contributed by atoms with Crippen LogP contribution in [0.4, 0.5) is 5.69 Å². The highest BCUT2D eigenvalue weighted by molar-refractivity contribution is 5.78. The highest BCUT2D eigenvalue weighted by Gasteiger charge is 2.59. The van der Waals surface area contributed by atoms with E-state index in [4.69, 9.17) is 14.2 Å². The maximum Gasteiger partial charge on any atom is 0.213 e. The molecule has 4 aliphatic rings. The summed E-state index contributed by atoms with van der Waals surface area (Å²) < 4.78 is 18.0. The minimum Gasteiger partial charge on any atom is -0.497 e. The summed E-state index contributed by atoms with van der Waals surface area (Å²) in [5, 5.41) is 0. The number of methoxy groups -OCH3 is 2. The number of anilines is 1. The first-order chi connectivity index (χ1) is 19.2. The number of nitrogens with zero attached hydrogens (tertiary/aromatic N) is 1. The molecule has 2 atom stereocenters. The van der Waals surface area contributed by atoms with Gasteiger partial charge in [-0.05, 0) is 121 Å². The van der Waals surface area contributed by atoms with Crippen LogP contribution in [0.2, 0.25) is 0 Å². The molecular formula is C35H35NO3. The van der Waals surface area contributed by atoms with Crippen LogP contribution in [0.5, 0.6) is 17.2 Å². The summed E-state index contributed by atoms with van der Waals surface area (Å²) in [6.45, 7) is 0. The minimum absolute atomic E-state index is 0.419. The Morgan fingerprint density at radius 3 is 2.21 bits per heavy atom. The van der Waals surface area contributed by atoms with Crippen molar-refractivity contribution in [2.45, 2.75) is 50.7 Å². The lowest BCUT2D eigenvalue weighted by Crippen LogP contribution is -2.60. The van der Waals surface area contributed by atoms with Crippen LogP contribution >= 0.6 is 0 Å². The summed E-state index contributed by atoms with van der Waals surface area (Å²) in [6, 6.07) is 25.5. The molecule has 198 valence electrons. The Bertz CT molecular complexity index is 1480. The Balaban J connectivity index is 1.39. The highest BCUT2D eigenvalue weighted by atomic mass is 16.5. The number of hydrogen-bond donors (Lipinski definition) is 0. The maximum atomic E-state index is 7.17. The highest BCUT2D eigenvalue weighted by Crippen LogP contribution is 2.61. The fourth-order valence-corrected chi connectivity index (χ4v) is 7.17. The molecule has 2 aliphatic carbocycles. The van der Waals surface area contributed by atoms with E-state index in [1.807, 2.05) is 24.3 Å². The molecule has 0 bridgehead atoms. The predicted molar refractivity (Wildman–Crippen MR) is 157 cm³/mol. The fraction of sp³-hybridized carbons (Fsp3) is 0.314. The number of fused-ring (bicyclic) bond motifs is 3. The van der Waals surface area contributed by atoms with Crippen molar-refractivity contribution in [3.8, 4) is 17.2 Å². The van der Waals surface area contributed by atoms with E-state index >= 15 is 0 Å². The quantitative estimate of drug-likeness (QED) is 0.348. The summed E-state index contributed by atoms with van der Waals surface area (Å²) >= 11 is 0. The topological polar surface area (TPSA) is 30.9 Å². The molecule has 1 saturated carbocycles. The predicted octanol–water partition coefficient (Wildman–Crippen LogP) is 8.41. The number of allylic oxidation sites excluding steroid dienone is 2. The first-order valence-corrected chi connectivity index (χ1v) is 14.2. The van der Waals surface area contributed by atoms with Gasteiger partial charge in [0, 0.05) is 11.6 Å². The zero-order valence-electron chi connectivity index (χ0n) is 22.8. The third kappa shape index (κ3) is 3.96. The van der Waals surface area contributed by atoms with Gasteiger partial charge >= 0.3 is 0 Å². The lowest BCUT2D eigenvalue weighted by Gasteiger charge is -2.53. The molecule has 7 rings (SSSR count). The molecule has 3 aromatic carbocycles. The second-order valence-electron chi connectivity index (χ2n) is 11.1. The van der Waals surface area contributed by atoms with Crippen molar-refractivity contribution in [1.82, 2.24) is 0 Å². The molecule has 0 unspecified atom stereocenters. The van der Waals surface area contributed by atoms with Crippen molar-refractivity contribution < 1.29 is 14.2 Å². The van der Waals surface area contributed by atoms with E-state index in [2.05, 4.69) is 65.6 Å². The van der Waals surface area contributed by atoms with Crippen molar-refractivity contribution in [3.05, 3.63) is 106 Å². The van der Waals surface area contributed by atoms with Gasteiger partial charge in [-0.3, -0.25) is 4.90 Å². The molecule has 0 aromatic heterocycles. The lowest BCUT2D eigenvalue weighted by atomic mass is 9.68. The molecule has 0 N–H and O–H groups in total. The molecule has 0 saturated heterocycles. The largest absolute Gasteiger partial charge is 0.497 e. The van der Waals surface area contributed by atoms with E-state index in [1.165, 1.54) is 52.9 Å². The van der Waals surface area contributed by atoms with Crippen LogP contribution in [0.15, 0.2) is 95.2 Å². The molecular weight excluding hydrogens is 482 g/mol. The van der Waals surface area contributed by atoms with Crippen LogP contribution in [-0.2, 0) is 0 Å². The summed E-state index contributed by atoms with van der Waals surface area (Å²) in [5.74, 6) is 3.18. The molecule has 1 fully saturated rings. The molecule has 39 heavy (non-hydrogen) atoms. The normalized spacial score (nSPS) is 25.5. The standard InChI is InChI=1S/C35H35NO3/c1-37-30-17-13-24(14-18-30)21-26-7-5-8-27-23-29-10-6-9-28(22-25-15-19-31(38-2)20-16-25)35(29)36(34(26)27)32-11-3-4-12-33(32)39-35/h3-4,11-22,29H,5-10,23H2,1-2H3/b26-21+,28-22+/t29-,35+/m0/s1. The first-order valence-electron chi connectivity index (χ1n) is 14.2. The molecule has 4 heteroatoms. The number of hydrogen-bond acceptors (Lipinski definition) is 4. The number of benzene rings is 3. The summed E-state index contributed by atoms with van der Waals surface area (Å²) in [7, 11) is 3.43. The Morgan fingerprint density at radius 1 is 0.795 bits per heavy atom. The smallest absolute Gasteiger partial charge is 0.213 e. The summed E-state index contributed by atoms with van der Waals surface area (Å²) in [5.41, 5.74) is 8.87. The molecule has 2 heterocycles.